The molecule has 0 fully saturated rings. The fourth-order valence-corrected chi connectivity index (χ4v) is 2.54. The first-order valence-electron chi connectivity index (χ1n) is 5.33. The van der Waals surface area contributed by atoms with Gasteiger partial charge in [0.15, 0.2) is 0 Å². The van der Waals surface area contributed by atoms with Gasteiger partial charge in [-0.1, -0.05) is 12.1 Å². The number of rotatable bonds is 4. The Morgan fingerprint density at radius 1 is 1.42 bits per heavy atom. The molecule has 98 valence electrons. The highest BCUT2D eigenvalue weighted by Crippen LogP contribution is 2.33. The maximum absolute atomic E-state index is 11.1. The molecular formula is C12H10N2O4S. The summed E-state index contributed by atoms with van der Waals surface area (Å²) >= 11 is 1.24. The molecule has 2 rings (SSSR count). The highest BCUT2D eigenvalue weighted by Gasteiger charge is 2.18. The summed E-state index contributed by atoms with van der Waals surface area (Å²) in [5.74, 6) is -1.06. The zero-order valence-corrected chi connectivity index (χ0v) is 10.7. The zero-order valence-electron chi connectivity index (χ0n) is 9.91. The minimum atomic E-state index is -1.06. The second-order valence-electron chi connectivity index (χ2n) is 3.80. The van der Waals surface area contributed by atoms with Crippen molar-refractivity contribution in [2.75, 3.05) is 5.32 Å². The maximum Gasteiger partial charge on any atom is 0.338 e. The summed E-state index contributed by atoms with van der Waals surface area (Å²) in [6.45, 7) is 1.78. The summed E-state index contributed by atoms with van der Waals surface area (Å²) in [5.41, 5.74) is 0.294. The van der Waals surface area contributed by atoms with Crippen LogP contribution in [0.1, 0.15) is 15.2 Å². The van der Waals surface area contributed by atoms with Gasteiger partial charge in [-0.3, -0.25) is 10.1 Å². The average molecular weight is 278 g/mol. The van der Waals surface area contributed by atoms with E-state index in [1.807, 2.05) is 0 Å². The second kappa shape index (κ2) is 5.07. The van der Waals surface area contributed by atoms with E-state index >= 15 is 0 Å². The summed E-state index contributed by atoms with van der Waals surface area (Å²) in [5, 5.41) is 23.2. The average Bonchev–Trinajstić information content (AvgIpc) is 2.71. The van der Waals surface area contributed by atoms with Gasteiger partial charge < -0.3 is 10.4 Å². The number of nitro benzene ring substituents is 1. The fourth-order valence-electron chi connectivity index (χ4n) is 1.63. The molecule has 0 atom stereocenters. The van der Waals surface area contributed by atoms with E-state index in [0.717, 1.165) is 4.88 Å². The number of aromatic carboxylic acids is 1. The molecule has 0 amide bonds. The number of thiophene rings is 1. The molecule has 0 aliphatic heterocycles. The maximum atomic E-state index is 11.1. The largest absolute Gasteiger partial charge is 0.478 e. The van der Waals surface area contributed by atoms with Crippen molar-refractivity contribution < 1.29 is 14.8 Å². The molecule has 6 nitrogen and oxygen atoms in total. The normalized spacial score (nSPS) is 10.2. The van der Waals surface area contributed by atoms with Crippen LogP contribution in [0.25, 0.3) is 0 Å². The Labute approximate surface area is 112 Å². The van der Waals surface area contributed by atoms with E-state index in [1.165, 1.54) is 23.5 Å². The van der Waals surface area contributed by atoms with Gasteiger partial charge in [-0.2, -0.15) is 0 Å². The highest BCUT2D eigenvalue weighted by molar-refractivity contribution is 7.16. The summed E-state index contributed by atoms with van der Waals surface area (Å²) in [4.78, 5) is 22.3. The number of hydrogen-bond donors (Lipinski definition) is 2. The summed E-state index contributed by atoms with van der Waals surface area (Å²) < 4.78 is 0. The van der Waals surface area contributed by atoms with Gasteiger partial charge in [0.2, 0.25) is 0 Å². The minimum Gasteiger partial charge on any atom is -0.478 e. The molecule has 7 heteroatoms. The van der Waals surface area contributed by atoms with Crippen molar-refractivity contribution >= 4 is 33.7 Å². The minimum absolute atomic E-state index is 0.0927. The molecule has 0 saturated carbocycles. The van der Waals surface area contributed by atoms with Crippen molar-refractivity contribution in [3.05, 3.63) is 50.9 Å². The number of nitrogens with zero attached hydrogens (tertiary/aromatic N) is 1. The van der Waals surface area contributed by atoms with Gasteiger partial charge in [-0.05, 0) is 19.1 Å². The highest BCUT2D eigenvalue weighted by atomic mass is 32.1. The summed E-state index contributed by atoms with van der Waals surface area (Å²) in [6.07, 6.45) is 0. The fraction of sp³-hybridized carbons (Fsp3) is 0.0833. The van der Waals surface area contributed by atoms with Crippen LogP contribution in [0.2, 0.25) is 0 Å². The van der Waals surface area contributed by atoms with Crippen LogP contribution in [-0.2, 0) is 0 Å². The molecule has 1 aromatic carbocycles. The van der Waals surface area contributed by atoms with Crippen molar-refractivity contribution in [1.29, 1.82) is 0 Å². The number of carboxylic acids is 1. The number of para-hydroxylation sites is 2. The number of anilines is 2. The topological polar surface area (TPSA) is 92.5 Å². The van der Waals surface area contributed by atoms with Crippen molar-refractivity contribution in [3.63, 3.8) is 0 Å². The van der Waals surface area contributed by atoms with Crippen LogP contribution in [0.3, 0.4) is 0 Å². The molecule has 0 saturated heterocycles. The van der Waals surface area contributed by atoms with Crippen LogP contribution in [-0.4, -0.2) is 16.0 Å². The van der Waals surface area contributed by atoms with E-state index in [9.17, 15) is 14.9 Å². The number of nitrogens with one attached hydrogen (secondary N) is 1. The molecule has 1 aromatic heterocycles. The Hall–Kier alpha value is -2.41. The Balaban J connectivity index is 2.42. The number of carboxylic acid groups (broad SMARTS) is 1. The molecule has 0 radical (unpaired) electrons. The van der Waals surface area contributed by atoms with E-state index in [1.54, 1.807) is 25.1 Å². The van der Waals surface area contributed by atoms with Gasteiger partial charge >= 0.3 is 5.97 Å². The third-order valence-corrected chi connectivity index (χ3v) is 3.40. The predicted molar refractivity (Wildman–Crippen MR) is 72.4 cm³/mol. The summed E-state index contributed by atoms with van der Waals surface area (Å²) in [7, 11) is 0. The molecule has 19 heavy (non-hydrogen) atoms. The van der Waals surface area contributed by atoms with Gasteiger partial charge in [-0.25, -0.2) is 4.79 Å². The van der Waals surface area contributed by atoms with Crippen molar-refractivity contribution in [2.24, 2.45) is 0 Å². The molecule has 2 N–H and O–H groups in total. The number of nitro groups is 1. The monoisotopic (exact) mass is 278 g/mol. The SMILES string of the molecule is Cc1cc(C(=O)O)c(Nc2ccccc2[N+](=O)[O-])s1. The van der Waals surface area contributed by atoms with Crippen molar-refractivity contribution in [3.8, 4) is 0 Å². The van der Waals surface area contributed by atoms with Gasteiger partial charge in [0.1, 0.15) is 10.7 Å². The van der Waals surface area contributed by atoms with Crippen LogP contribution in [0.15, 0.2) is 30.3 Å². The molecule has 0 aliphatic carbocycles. The zero-order chi connectivity index (χ0) is 14.0. The Kier molecular flexibility index (Phi) is 3.48. The second-order valence-corrected chi connectivity index (χ2v) is 5.06. The Bertz CT molecular complexity index is 651. The van der Waals surface area contributed by atoms with E-state index in [2.05, 4.69) is 5.32 Å². The molecule has 2 aromatic rings. The van der Waals surface area contributed by atoms with Crippen molar-refractivity contribution in [2.45, 2.75) is 6.92 Å². The third kappa shape index (κ3) is 2.71. The predicted octanol–water partition coefficient (Wildman–Crippen LogP) is 3.41. The van der Waals surface area contributed by atoms with Gasteiger partial charge in [-0.15, -0.1) is 11.3 Å². The van der Waals surface area contributed by atoms with Gasteiger partial charge in [0, 0.05) is 10.9 Å². The number of hydrogen-bond acceptors (Lipinski definition) is 5. The molecule has 0 aliphatic rings. The molecule has 0 unspecified atom stereocenters. The molecule has 1 heterocycles. The molecular weight excluding hydrogens is 268 g/mol. The lowest BCUT2D eigenvalue weighted by Gasteiger charge is -2.05. The van der Waals surface area contributed by atoms with Crippen LogP contribution >= 0.6 is 11.3 Å². The first-order chi connectivity index (χ1) is 8.99. The summed E-state index contributed by atoms with van der Waals surface area (Å²) in [6, 6.07) is 7.64. The first-order valence-corrected chi connectivity index (χ1v) is 6.15. The third-order valence-electron chi connectivity index (χ3n) is 2.43. The van der Waals surface area contributed by atoms with E-state index < -0.39 is 10.9 Å². The van der Waals surface area contributed by atoms with Crippen LogP contribution in [0.5, 0.6) is 0 Å². The number of aryl methyl sites for hydroxylation is 1. The van der Waals surface area contributed by atoms with E-state index in [4.69, 9.17) is 5.11 Å². The number of carbonyl (C=O) groups is 1. The van der Waals surface area contributed by atoms with Gasteiger partial charge in [0.25, 0.3) is 5.69 Å². The van der Waals surface area contributed by atoms with Crippen LogP contribution in [0, 0.1) is 17.0 Å². The Morgan fingerprint density at radius 2 is 2.11 bits per heavy atom. The standard InChI is InChI=1S/C12H10N2O4S/c1-7-6-8(12(15)16)11(19-7)13-9-4-2-3-5-10(9)14(17)18/h2-6,13H,1H3,(H,15,16). The van der Waals surface area contributed by atoms with Crippen molar-refractivity contribution in [1.82, 2.24) is 0 Å². The lowest BCUT2D eigenvalue weighted by atomic mass is 10.2. The first kappa shape index (κ1) is 13.0. The van der Waals surface area contributed by atoms with E-state index in [-0.39, 0.29) is 16.9 Å². The molecule has 0 spiro atoms. The van der Waals surface area contributed by atoms with E-state index in [0.29, 0.717) is 5.00 Å². The number of benzene rings is 1. The Morgan fingerprint density at radius 3 is 2.74 bits per heavy atom. The van der Waals surface area contributed by atoms with Gasteiger partial charge in [0.05, 0.1) is 10.5 Å². The van der Waals surface area contributed by atoms with Crippen LogP contribution in [0.4, 0.5) is 16.4 Å². The quantitative estimate of drug-likeness (QED) is 0.660. The lowest BCUT2D eigenvalue weighted by molar-refractivity contribution is -0.383. The smallest absolute Gasteiger partial charge is 0.338 e. The molecule has 0 bridgehead atoms. The van der Waals surface area contributed by atoms with Crippen LogP contribution < -0.4 is 5.32 Å². The lowest BCUT2D eigenvalue weighted by Crippen LogP contribution is -2.00.